The molecule has 4 N–H and O–H groups in total. The number of nitrogens with one attached hydrogen (secondary N) is 2. The third-order valence-corrected chi connectivity index (χ3v) is 5.91. The molecule has 1 aromatic carbocycles. The molecule has 2 rings (SSSR count). The number of aryl methyl sites for hydroxylation is 1. The van der Waals surface area contributed by atoms with Gasteiger partial charge in [0.1, 0.15) is 0 Å². The number of aliphatic imine (C=N–C) groups is 1. The van der Waals surface area contributed by atoms with Crippen LogP contribution in [0.2, 0.25) is 0 Å². The van der Waals surface area contributed by atoms with Gasteiger partial charge < -0.3 is 11.1 Å². The molecule has 0 aromatic heterocycles. The van der Waals surface area contributed by atoms with Crippen molar-refractivity contribution in [2.45, 2.75) is 37.6 Å². The Kier molecular flexibility index (Phi) is 7.22. The SMILES string of the molecule is CCN1CCCC1CN=C(N)NCCNS(=O)(=O)c1ccc(C)cc1. The zero-order valence-corrected chi connectivity index (χ0v) is 15.8. The van der Waals surface area contributed by atoms with Gasteiger partial charge in [0, 0.05) is 19.1 Å². The van der Waals surface area contributed by atoms with E-state index >= 15 is 0 Å². The molecule has 140 valence electrons. The molecule has 1 heterocycles. The molecular formula is C17H29N5O2S. The second kappa shape index (κ2) is 9.17. The fraction of sp³-hybridized carbons (Fsp3) is 0.588. The normalized spacial score (nSPS) is 19.3. The highest BCUT2D eigenvalue weighted by Gasteiger charge is 2.22. The molecule has 1 atom stereocenters. The third kappa shape index (κ3) is 5.98. The number of benzene rings is 1. The summed E-state index contributed by atoms with van der Waals surface area (Å²) in [6, 6.07) is 7.22. The minimum Gasteiger partial charge on any atom is -0.370 e. The van der Waals surface area contributed by atoms with Crippen LogP contribution in [0, 0.1) is 6.92 Å². The van der Waals surface area contributed by atoms with Crippen molar-refractivity contribution in [3.63, 3.8) is 0 Å². The van der Waals surface area contributed by atoms with Crippen molar-refractivity contribution >= 4 is 16.0 Å². The predicted octanol–water partition coefficient (Wildman–Crippen LogP) is 0.662. The lowest BCUT2D eigenvalue weighted by molar-refractivity contribution is 0.273. The van der Waals surface area contributed by atoms with Crippen molar-refractivity contribution < 1.29 is 8.42 Å². The molecule has 7 nitrogen and oxygen atoms in total. The first-order valence-electron chi connectivity index (χ1n) is 8.76. The number of rotatable bonds is 8. The Morgan fingerprint density at radius 1 is 1.32 bits per heavy atom. The van der Waals surface area contributed by atoms with E-state index in [1.807, 2.05) is 6.92 Å². The molecule has 0 spiro atoms. The molecule has 1 aliphatic rings. The molecule has 0 amide bonds. The fourth-order valence-corrected chi connectivity index (χ4v) is 3.99. The van der Waals surface area contributed by atoms with Gasteiger partial charge >= 0.3 is 0 Å². The molecule has 1 fully saturated rings. The van der Waals surface area contributed by atoms with Crippen LogP contribution in [0.4, 0.5) is 0 Å². The van der Waals surface area contributed by atoms with E-state index in [9.17, 15) is 8.42 Å². The minimum absolute atomic E-state index is 0.247. The molecule has 0 bridgehead atoms. The van der Waals surface area contributed by atoms with E-state index in [4.69, 9.17) is 5.73 Å². The van der Waals surface area contributed by atoms with Crippen molar-refractivity contribution in [1.29, 1.82) is 0 Å². The molecule has 25 heavy (non-hydrogen) atoms. The quantitative estimate of drug-likeness (QED) is 0.356. The maximum Gasteiger partial charge on any atom is 0.240 e. The molecule has 1 aromatic rings. The second-order valence-corrected chi connectivity index (χ2v) is 8.06. The molecule has 1 unspecified atom stereocenters. The van der Waals surface area contributed by atoms with Gasteiger partial charge in [0.25, 0.3) is 0 Å². The zero-order valence-electron chi connectivity index (χ0n) is 15.0. The summed E-state index contributed by atoms with van der Waals surface area (Å²) in [5, 5.41) is 2.95. The standard InChI is InChI=1S/C17H29N5O2S/c1-3-22-12-4-5-15(22)13-20-17(18)19-10-11-21-25(23,24)16-8-6-14(2)7-9-16/h6-9,15,21H,3-5,10-13H2,1-2H3,(H3,18,19,20). The molecule has 0 saturated carbocycles. The van der Waals surface area contributed by atoms with Crippen LogP contribution in [0.3, 0.4) is 0 Å². The van der Waals surface area contributed by atoms with Crippen molar-refractivity contribution in [2.75, 3.05) is 32.7 Å². The lowest BCUT2D eigenvalue weighted by atomic mass is 10.2. The number of likely N-dealkylation sites (tertiary alicyclic amines) is 1. The molecule has 8 heteroatoms. The summed E-state index contributed by atoms with van der Waals surface area (Å²) in [6.45, 7) is 7.56. The summed E-state index contributed by atoms with van der Waals surface area (Å²) in [5.74, 6) is 0.359. The minimum atomic E-state index is -3.49. The maximum atomic E-state index is 12.2. The Labute approximate surface area is 150 Å². The molecular weight excluding hydrogens is 338 g/mol. The zero-order chi connectivity index (χ0) is 18.3. The highest BCUT2D eigenvalue weighted by molar-refractivity contribution is 7.89. The van der Waals surface area contributed by atoms with Crippen LogP contribution >= 0.6 is 0 Å². The number of sulfonamides is 1. The number of hydrogen-bond donors (Lipinski definition) is 3. The van der Waals surface area contributed by atoms with E-state index in [-0.39, 0.29) is 11.4 Å². The molecule has 0 aliphatic carbocycles. The number of hydrogen-bond acceptors (Lipinski definition) is 4. The van der Waals surface area contributed by atoms with Gasteiger partial charge in [0.15, 0.2) is 5.96 Å². The summed E-state index contributed by atoms with van der Waals surface area (Å²) in [5.41, 5.74) is 6.88. The molecule has 0 radical (unpaired) electrons. The van der Waals surface area contributed by atoms with Gasteiger partial charge in [-0.25, -0.2) is 13.1 Å². The van der Waals surface area contributed by atoms with Gasteiger partial charge in [0.05, 0.1) is 11.4 Å². The van der Waals surface area contributed by atoms with Crippen LogP contribution in [0.15, 0.2) is 34.2 Å². The fourth-order valence-electron chi connectivity index (χ4n) is 2.95. The number of likely N-dealkylation sites (N-methyl/N-ethyl adjacent to an activating group) is 1. The van der Waals surface area contributed by atoms with E-state index in [0.29, 0.717) is 25.1 Å². The number of guanidine groups is 1. The van der Waals surface area contributed by atoms with E-state index in [1.165, 1.54) is 6.42 Å². The van der Waals surface area contributed by atoms with Gasteiger partial charge in [-0.05, 0) is 45.0 Å². The lowest BCUT2D eigenvalue weighted by Gasteiger charge is -2.20. The van der Waals surface area contributed by atoms with Crippen LogP contribution in [0.5, 0.6) is 0 Å². The van der Waals surface area contributed by atoms with E-state index in [0.717, 1.165) is 25.1 Å². The van der Waals surface area contributed by atoms with E-state index in [2.05, 4.69) is 26.9 Å². The second-order valence-electron chi connectivity index (χ2n) is 6.29. The van der Waals surface area contributed by atoms with Crippen LogP contribution < -0.4 is 15.8 Å². The Morgan fingerprint density at radius 3 is 2.72 bits per heavy atom. The van der Waals surface area contributed by atoms with Crippen molar-refractivity contribution in [3.05, 3.63) is 29.8 Å². The first-order chi connectivity index (χ1) is 11.9. The summed E-state index contributed by atoms with van der Waals surface area (Å²) in [6.07, 6.45) is 2.36. The predicted molar refractivity (Wildman–Crippen MR) is 101 cm³/mol. The number of nitrogens with two attached hydrogens (primary N) is 1. The molecule has 1 aliphatic heterocycles. The van der Waals surface area contributed by atoms with Crippen molar-refractivity contribution in [1.82, 2.24) is 14.9 Å². The Hall–Kier alpha value is -1.64. The summed E-state index contributed by atoms with van der Waals surface area (Å²) in [7, 11) is -3.49. The third-order valence-electron chi connectivity index (χ3n) is 4.43. The largest absolute Gasteiger partial charge is 0.370 e. The van der Waals surface area contributed by atoms with Gasteiger partial charge in [-0.1, -0.05) is 24.6 Å². The highest BCUT2D eigenvalue weighted by atomic mass is 32.2. The average molecular weight is 368 g/mol. The van der Waals surface area contributed by atoms with Crippen molar-refractivity contribution in [2.24, 2.45) is 10.7 Å². The van der Waals surface area contributed by atoms with Crippen LogP contribution in [-0.4, -0.2) is 58.0 Å². The van der Waals surface area contributed by atoms with Crippen LogP contribution in [-0.2, 0) is 10.0 Å². The summed E-state index contributed by atoms with van der Waals surface area (Å²) in [4.78, 5) is 7.04. The van der Waals surface area contributed by atoms with E-state index < -0.39 is 10.0 Å². The van der Waals surface area contributed by atoms with Crippen LogP contribution in [0.25, 0.3) is 0 Å². The molecule has 1 saturated heterocycles. The van der Waals surface area contributed by atoms with Crippen molar-refractivity contribution in [3.8, 4) is 0 Å². The maximum absolute atomic E-state index is 12.2. The van der Waals surface area contributed by atoms with Gasteiger partial charge in [0.2, 0.25) is 10.0 Å². The Bertz CT molecular complexity index is 673. The monoisotopic (exact) mass is 367 g/mol. The highest BCUT2D eigenvalue weighted by Crippen LogP contribution is 2.16. The summed E-state index contributed by atoms with van der Waals surface area (Å²) < 4.78 is 26.9. The summed E-state index contributed by atoms with van der Waals surface area (Å²) >= 11 is 0. The van der Waals surface area contributed by atoms with Crippen LogP contribution in [0.1, 0.15) is 25.3 Å². The van der Waals surface area contributed by atoms with E-state index in [1.54, 1.807) is 24.3 Å². The smallest absolute Gasteiger partial charge is 0.240 e. The first-order valence-corrected chi connectivity index (χ1v) is 10.2. The Morgan fingerprint density at radius 2 is 2.04 bits per heavy atom. The van der Waals surface area contributed by atoms with Gasteiger partial charge in [-0.15, -0.1) is 0 Å². The average Bonchev–Trinajstić information content (AvgIpc) is 3.05. The first kappa shape index (κ1) is 19.7. The topological polar surface area (TPSA) is 99.8 Å². The lowest BCUT2D eigenvalue weighted by Crippen LogP contribution is -2.39. The number of nitrogens with zero attached hydrogens (tertiary/aromatic N) is 2. The van der Waals surface area contributed by atoms with Gasteiger partial charge in [-0.3, -0.25) is 9.89 Å². The van der Waals surface area contributed by atoms with Gasteiger partial charge in [-0.2, -0.15) is 0 Å². The Balaban J connectivity index is 1.72.